The van der Waals surface area contributed by atoms with Gasteiger partial charge in [-0.25, -0.2) is 9.59 Å². The quantitative estimate of drug-likeness (QED) is 0.0985. The number of hydrogen-bond donors (Lipinski definition) is 1. The summed E-state index contributed by atoms with van der Waals surface area (Å²) in [5, 5.41) is 6.17. The van der Waals surface area contributed by atoms with Crippen LogP contribution in [0.5, 0.6) is 0 Å². The molecule has 3 aliphatic rings. The smallest absolute Gasteiger partial charge is 0.410 e. The zero-order valence-corrected chi connectivity index (χ0v) is 30.5. The second-order valence-corrected chi connectivity index (χ2v) is 13.9. The predicted octanol–water partition coefficient (Wildman–Crippen LogP) is 1.40. The summed E-state index contributed by atoms with van der Waals surface area (Å²) in [6, 6.07) is -1.25. The molecule has 0 bridgehead atoms. The van der Waals surface area contributed by atoms with Crippen LogP contribution in [0.3, 0.4) is 0 Å². The van der Waals surface area contributed by atoms with Crippen LogP contribution in [0.1, 0.15) is 67.7 Å². The van der Waals surface area contributed by atoms with E-state index in [1.807, 2.05) is 0 Å². The van der Waals surface area contributed by atoms with Crippen molar-refractivity contribution < 1.29 is 61.9 Å². The third-order valence-electron chi connectivity index (χ3n) is 8.84. The number of carbonyl (C=O) groups excluding carboxylic acids is 6. The van der Waals surface area contributed by atoms with Gasteiger partial charge < -0.3 is 43.4 Å². The molecular weight excluding hydrogens is 676 g/mol. The van der Waals surface area contributed by atoms with Gasteiger partial charge in [-0.15, -0.1) is 0 Å². The first kappa shape index (κ1) is 41.2. The topological polar surface area (TPSA) is 234 Å². The minimum atomic E-state index is -1.88. The number of carbonyl (C=O) groups is 6. The fourth-order valence-electron chi connectivity index (χ4n) is 6.86. The van der Waals surface area contributed by atoms with Crippen LogP contribution in [0.2, 0.25) is 0 Å². The van der Waals surface area contributed by atoms with Crippen LogP contribution in [0, 0.1) is 0 Å². The lowest BCUT2D eigenvalue weighted by Gasteiger charge is -2.50. The zero-order chi connectivity index (χ0) is 38.1. The van der Waals surface area contributed by atoms with Crippen molar-refractivity contribution in [1.29, 1.82) is 0 Å². The minimum Gasteiger partial charge on any atom is -0.467 e. The molecule has 3 fully saturated rings. The third kappa shape index (κ3) is 10.9. The van der Waals surface area contributed by atoms with Gasteiger partial charge in [0.25, 0.3) is 0 Å². The Labute approximate surface area is 296 Å². The summed E-state index contributed by atoms with van der Waals surface area (Å²) in [5.74, 6) is -3.85. The molecule has 1 N–H and O–H groups in total. The normalized spacial score (nSPS) is 27.7. The predicted molar refractivity (Wildman–Crippen MR) is 175 cm³/mol. The summed E-state index contributed by atoms with van der Waals surface area (Å²) in [7, 11) is 1.15. The van der Waals surface area contributed by atoms with E-state index in [9.17, 15) is 28.8 Å². The van der Waals surface area contributed by atoms with Gasteiger partial charge in [-0.1, -0.05) is 5.11 Å². The van der Waals surface area contributed by atoms with E-state index in [-0.39, 0.29) is 19.4 Å². The average Bonchev–Trinajstić information content (AvgIpc) is 3.45. The molecule has 0 aromatic rings. The fourth-order valence-corrected chi connectivity index (χ4v) is 6.86. The fraction of sp³-hybridized carbons (Fsp3) is 0.812. The molecule has 1 spiro atoms. The van der Waals surface area contributed by atoms with E-state index in [2.05, 4.69) is 20.2 Å². The van der Waals surface area contributed by atoms with E-state index < -0.39 is 89.6 Å². The van der Waals surface area contributed by atoms with Crippen molar-refractivity contribution in [2.75, 3.05) is 53.0 Å². The monoisotopic (exact) mass is 726 g/mol. The van der Waals surface area contributed by atoms with Gasteiger partial charge in [0.1, 0.15) is 23.9 Å². The summed E-state index contributed by atoms with van der Waals surface area (Å²) >= 11 is 0. The highest BCUT2D eigenvalue weighted by molar-refractivity contribution is 5.80. The van der Waals surface area contributed by atoms with Gasteiger partial charge in [0, 0.05) is 71.6 Å². The first-order valence-corrected chi connectivity index (χ1v) is 16.7. The van der Waals surface area contributed by atoms with E-state index in [1.54, 1.807) is 25.7 Å². The maximum atomic E-state index is 13.9. The summed E-state index contributed by atoms with van der Waals surface area (Å²) in [6.45, 7) is 11.4. The molecule has 3 saturated heterocycles. The van der Waals surface area contributed by atoms with Crippen LogP contribution in [0.25, 0.3) is 10.4 Å². The lowest BCUT2D eigenvalue weighted by molar-refractivity contribution is -0.242. The van der Waals surface area contributed by atoms with Crippen LogP contribution in [-0.4, -0.2) is 146 Å². The lowest BCUT2D eigenvalue weighted by atomic mass is 9.81. The number of hydrogen-bond acceptors (Lipinski definition) is 15. The number of azide groups is 1. The Morgan fingerprint density at radius 3 is 2.29 bits per heavy atom. The average molecular weight is 727 g/mol. The largest absolute Gasteiger partial charge is 0.467 e. The molecule has 0 aromatic heterocycles. The Bertz CT molecular complexity index is 1360. The number of esters is 4. The number of nitrogens with one attached hydrogen (secondary N) is 1. The lowest BCUT2D eigenvalue weighted by Crippen LogP contribution is -2.69. The first-order chi connectivity index (χ1) is 23.8. The Hall–Kier alpha value is -4.19. The minimum absolute atomic E-state index is 0.0592. The molecule has 51 heavy (non-hydrogen) atoms. The van der Waals surface area contributed by atoms with E-state index in [1.165, 1.54) is 6.92 Å². The highest BCUT2D eigenvalue weighted by Crippen LogP contribution is 2.40. The van der Waals surface area contributed by atoms with Crippen molar-refractivity contribution in [2.45, 2.75) is 115 Å². The molecule has 3 heterocycles. The zero-order valence-electron chi connectivity index (χ0n) is 30.5. The number of likely N-dealkylation sites (tertiary alicyclic amines) is 1. The number of methoxy groups -OCH3 is 1. The van der Waals surface area contributed by atoms with Crippen LogP contribution >= 0.6 is 0 Å². The van der Waals surface area contributed by atoms with Crippen molar-refractivity contribution >= 4 is 35.9 Å². The number of amides is 2. The molecule has 19 nitrogen and oxygen atoms in total. The molecule has 3 aliphatic heterocycles. The second-order valence-electron chi connectivity index (χ2n) is 13.9. The van der Waals surface area contributed by atoms with Crippen molar-refractivity contribution in [2.24, 2.45) is 5.11 Å². The maximum Gasteiger partial charge on any atom is 0.410 e. The summed E-state index contributed by atoms with van der Waals surface area (Å²) in [4.78, 5) is 82.9. The highest BCUT2D eigenvalue weighted by Gasteiger charge is 2.58. The van der Waals surface area contributed by atoms with E-state index in [4.69, 9.17) is 38.7 Å². The van der Waals surface area contributed by atoms with E-state index >= 15 is 0 Å². The molecule has 0 aromatic carbocycles. The van der Waals surface area contributed by atoms with E-state index in [0.717, 1.165) is 27.9 Å². The molecule has 0 unspecified atom stereocenters. The molecule has 286 valence electrons. The van der Waals surface area contributed by atoms with Gasteiger partial charge in [0.15, 0.2) is 11.7 Å². The van der Waals surface area contributed by atoms with Gasteiger partial charge in [-0.3, -0.25) is 24.1 Å². The first-order valence-electron chi connectivity index (χ1n) is 16.7. The van der Waals surface area contributed by atoms with Crippen LogP contribution in [-0.2, 0) is 57.1 Å². The number of nitrogens with zero attached hydrogens (tertiary/aromatic N) is 5. The molecule has 3 rings (SSSR count). The van der Waals surface area contributed by atoms with Crippen molar-refractivity contribution in [3.8, 4) is 0 Å². The third-order valence-corrected chi connectivity index (χ3v) is 8.84. The molecule has 7 atom stereocenters. The molecule has 0 aliphatic carbocycles. The summed E-state index contributed by atoms with van der Waals surface area (Å²) in [5.41, 5.74) is 5.87. The standard InChI is InChI=1S/C32H50N6O13/c1-19(39)35-25-23(47-20(2)40)15-32(28(43)45-8,50-27(25)26(49-22(4)42)24(16-34-36-33)48-21(3)41)10-12-38-13-14-46-18-31(38)9-11-37(17-31)29(44)51-30(5,6)7/h23-27H,9-18H2,1-8H3,(H,35,39)/t23-,24+,25+,26+,27+,31-,32+/m0/s1. The van der Waals surface area contributed by atoms with Gasteiger partial charge in [-0.05, 0) is 32.7 Å². The Balaban J connectivity index is 2.08. The molecule has 0 radical (unpaired) electrons. The maximum absolute atomic E-state index is 13.9. The van der Waals surface area contributed by atoms with Crippen molar-refractivity contribution in [1.82, 2.24) is 15.1 Å². The van der Waals surface area contributed by atoms with Crippen LogP contribution in [0.4, 0.5) is 4.79 Å². The number of ether oxygens (including phenoxy) is 7. The van der Waals surface area contributed by atoms with E-state index in [0.29, 0.717) is 39.3 Å². The van der Waals surface area contributed by atoms with Gasteiger partial charge >= 0.3 is 30.0 Å². The SMILES string of the molecule is COC(=O)[C@@]1(CCN2CCOC[C@@]23CCN(C(=O)OC(C)(C)C)C3)C[C@H](OC(C)=O)[C@@H](NC(C)=O)[C@H]([C@H](OC(C)=O)[C@@H](CN=[N+]=[N-])OC(C)=O)O1. The van der Waals surface area contributed by atoms with Gasteiger partial charge in [0.2, 0.25) is 5.91 Å². The van der Waals surface area contributed by atoms with Crippen LogP contribution < -0.4 is 5.32 Å². The number of rotatable bonds is 12. The highest BCUT2D eigenvalue weighted by atomic mass is 16.6. The Morgan fingerprint density at radius 2 is 1.73 bits per heavy atom. The van der Waals surface area contributed by atoms with Gasteiger partial charge in [-0.2, -0.15) is 0 Å². The van der Waals surface area contributed by atoms with Crippen molar-refractivity contribution in [3.05, 3.63) is 10.4 Å². The molecule has 19 heteroatoms. The molecule has 0 saturated carbocycles. The second kappa shape index (κ2) is 17.4. The Morgan fingerprint density at radius 1 is 1.04 bits per heavy atom. The molecule has 2 amide bonds. The van der Waals surface area contributed by atoms with Gasteiger partial charge in [0.05, 0.1) is 38.4 Å². The van der Waals surface area contributed by atoms with Crippen molar-refractivity contribution in [3.63, 3.8) is 0 Å². The van der Waals surface area contributed by atoms with Crippen LogP contribution in [0.15, 0.2) is 5.11 Å². The summed E-state index contributed by atoms with van der Waals surface area (Å²) in [6.07, 6.45) is -6.03. The molecular formula is C32H50N6O13. The number of morpholine rings is 1. The summed E-state index contributed by atoms with van der Waals surface area (Å²) < 4.78 is 40.0. The Kier molecular flexibility index (Phi) is 14.0.